The largest absolute Gasteiger partial charge is 0.497 e. The highest BCUT2D eigenvalue weighted by molar-refractivity contribution is 7.99. The summed E-state index contributed by atoms with van der Waals surface area (Å²) in [6.07, 6.45) is 0. The summed E-state index contributed by atoms with van der Waals surface area (Å²) in [6, 6.07) is 14.8. The van der Waals surface area contributed by atoms with Crippen molar-refractivity contribution in [1.82, 2.24) is 0 Å². The molecule has 0 bridgehead atoms. The predicted octanol–water partition coefficient (Wildman–Crippen LogP) is 3.56. The second kappa shape index (κ2) is 7.59. The van der Waals surface area contributed by atoms with Crippen molar-refractivity contribution in [2.75, 3.05) is 19.5 Å². The maximum atomic E-state index is 11.2. The van der Waals surface area contributed by atoms with E-state index in [1.165, 1.54) is 13.2 Å². The van der Waals surface area contributed by atoms with Crippen LogP contribution >= 0.6 is 11.8 Å². The van der Waals surface area contributed by atoms with Crippen molar-refractivity contribution in [3.05, 3.63) is 54.1 Å². The molecule has 21 heavy (non-hydrogen) atoms. The summed E-state index contributed by atoms with van der Waals surface area (Å²) in [4.78, 5) is 12.4. The number of carboxylic acids is 1. The van der Waals surface area contributed by atoms with Gasteiger partial charge in [-0.3, -0.25) is 0 Å². The standard InChI is InChI=1S/C16H16O4S/c1-19-12-7-8-15(14(11-12)16(17)18)20-9-10-21-13-5-3-2-4-6-13/h2-8,11H,9-10H2,1H3,(H,17,18). The highest BCUT2D eigenvalue weighted by atomic mass is 32.2. The lowest BCUT2D eigenvalue weighted by Crippen LogP contribution is -2.06. The summed E-state index contributed by atoms with van der Waals surface area (Å²) in [5.74, 6) is 0.574. The van der Waals surface area contributed by atoms with E-state index in [0.717, 1.165) is 10.6 Å². The molecule has 0 aliphatic heterocycles. The molecule has 0 aliphatic carbocycles. The molecular formula is C16H16O4S. The third-order valence-electron chi connectivity index (χ3n) is 2.77. The topological polar surface area (TPSA) is 55.8 Å². The van der Waals surface area contributed by atoms with Crippen LogP contribution in [0.5, 0.6) is 11.5 Å². The van der Waals surface area contributed by atoms with Gasteiger partial charge in [0, 0.05) is 10.6 Å². The molecule has 5 heteroatoms. The molecule has 0 aromatic heterocycles. The Morgan fingerprint density at radius 3 is 2.62 bits per heavy atom. The van der Waals surface area contributed by atoms with Gasteiger partial charge in [0.2, 0.25) is 0 Å². The molecule has 0 unspecified atom stereocenters. The zero-order chi connectivity index (χ0) is 15.1. The third-order valence-corrected chi connectivity index (χ3v) is 3.75. The summed E-state index contributed by atoms with van der Waals surface area (Å²) in [5.41, 5.74) is 0.110. The molecule has 0 fully saturated rings. The summed E-state index contributed by atoms with van der Waals surface area (Å²) in [5, 5.41) is 9.18. The van der Waals surface area contributed by atoms with Crippen molar-refractivity contribution in [1.29, 1.82) is 0 Å². The molecule has 0 aliphatic rings. The smallest absolute Gasteiger partial charge is 0.339 e. The summed E-state index contributed by atoms with van der Waals surface area (Å²) < 4.78 is 10.6. The van der Waals surface area contributed by atoms with Crippen LogP contribution in [0.1, 0.15) is 10.4 Å². The number of hydrogen-bond donors (Lipinski definition) is 1. The number of rotatable bonds is 7. The van der Waals surface area contributed by atoms with E-state index in [1.54, 1.807) is 23.9 Å². The molecule has 0 heterocycles. The molecule has 110 valence electrons. The molecule has 2 aromatic rings. The van der Waals surface area contributed by atoms with Crippen molar-refractivity contribution in [3.8, 4) is 11.5 Å². The molecule has 0 radical (unpaired) electrons. The first-order valence-electron chi connectivity index (χ1n) is 6.42. The van der Waals surface area contributed by atoms with Crippen molar-refractivity contribution < 1.29 is 19.4 Å². The van der Waals surface area contributed by atoms with Crippen LogP contribution in [0.2, 0.25) is 0 Å². The minimum atomic E-state index is -1.03. The maximum absolute atomic E-state index is 11.2. The van der Waals surface area contributed by atoms with Crippen molar-refractivity contribution >= 4 is 17.7 Å². The fraction of sp³-hybridized carbons (Fsp3) is 0.188. The zero-order valence-electron chi connectivity index (χ0n) is 11.6. The Hall–Kier alpha value is -2.14. The SMILES string of the molecule is COc1ccc(OCCSc2ccccc2)c(C(=O)O)c1. The van der Waals surface area contributed by atoms with Gasteiger partial charge in [-0.2, -0.15) is 0 Å². The van der Waals surface area contributed by atoms with Crippen LogP contribution in [-0.4, -0.2) is 30.5 Å². The number of hydrogen-bond acceptors (Lipinski definition) is 4. The number of carbonyl (C=O) groups is 1. The highest BCUT2D eigenvalue weighted by Crippen LogP contribution is 2.25. The van der Waals surface area contributed by atoms with E-state index in [-0.39, 0.29) is 5.56 Å². The lowest BCUT2D eigenvalue weighted by atomic mass is 10.2. The van der Waals surface area contributed by atoms with Gasteiger partial charge in [0.05, 0.1) is 13.7 Å². The number of benzene rings is 2. The molecule has 0 saturated carbocycles. The first kappa shape index (κ1) is 15.3. The van der Waals surface area contributed by atoms with E-state index in [1.807, 2.05) is 30.3 Å². The van der Waals surface area contributed by atoms with E-state index >= 15 is 0 Å². The zero-order valence-corrected chi connectivity index (χ0v) is 12.4. The van der Waals surface area contributed by atoms with Gasteiger partial charge in [-0.25, -0.2) is 4.79 Å². The van der Waals surface area contributed by atoms with Gasteiger partial charge in [0.25, 0.3) is 0 Å². The third kappa shape index (κ3) is 4.43. The molecule has 0 spiro atoms. The Morgan fingerprint density at radius 1 is 1.19 bits per heavy atom. The van der Waals surface area contributed by atoms with Crippen LogP contribution in [0.15, 0.2) is 53.4 Å². The molecular weight excluding hydrogens is 288 g/mol. The monoisotopic (exact) mass is 304 g/mol. The summed E-state index contributed by atoms with van der Waals surface area (Å²) in [6.45, 7) is 0.437. The van der Waals surface area contributed by atoms with Crippen LogP contribution in [0.3, 0.4) is 0 Å². The summed E-state index contributed by atoms with van der Waals surface area (Å²) in [7, 11) is 1.50. The summed E-state index contributed by atoms with van der Waals surface area (Å²) >= 11 is 1.66. The number of thioether (sulfide) groups is 1. The number of ether oxygens (including phenoxy) is 2. The predicted molar refractivity (Wildman–Crippen MR) is 82.6 cm³/mol. The highest BCUT2D eigenvalue weighted by Gasteiger charge is 2.12. The van der Waals surface area contributed by atoms with Gasteiger partial charge in [-0.1, -0.05) is 18.2 Å². The molecule has 0 amide bonds. The van der Waals surface area contributed by atoms with Crippen LogP contribution in [-0.2, 0) is 0 Å². The Morgan fingerprint density at radius 2 is 1.95 bits per heavy atom. The van der Waals surface area contributed by atoms with Crippen molar-refractivity contribution in [2.24, 2.45) is 0 Å². The molecule has 0 saturated heterocycles. The average molecular weight is 304 g/mol. The van der Waals surface area contributed by atoms with E-state index in [0.29, 0.717) is 18.1 Å². The first-order chi connectivity index (χ1) is 10.2. The lowest BCUT2D eigenvalue weighted by Gasteiger charge is -2.10. The van der Waals surface area contributed by atoms with E-state index in [2.05, 4.69) is 0 Å². The van der Waals surface area contributed by atoms with E-state index in [9.17, 15) is 9.90 Å². The number of aromatic carboxylic acids is 1. The minimum absolute atomic E-state index is 0.110. The van der Waals surface area contributed by atoms with E-state index < -0.39 is 5.97 Å². The van der Waals surface area contributed by atoms with Crippen molar-refractivity contribution in [3.63, 3.8) is 0 Å². The lowest BCUT2D eigenvalue weighted by molar-refractivity contribution is 0.0692. The average Bonchev–Trinajstić information content (AvgIpc) is 2.52. The Balaban J connectivity index is 1.92. The van der Waals surface area contributed by atoms with Crippen LogP contribution in [0.25, 0.3) is 0 Å². The Labute approximate surface area is 127 Å². The molecule has 2 aromatic carbocycles. The maximum Gasteiger partial charge on any atom is 0.339 e. The Kier molecular flexibility index (Phi) is 5.51. The number of methoxy groups -OCH3 is 1. The molecule has 1 N–H and O–H groups in total. The second-order valence-electron chi connectivity index (χ2n) is 4.18. The van der Waals surface area contributed by atoms with Crippen molar-refractivity contribution in [2.45, 2.75) is 4.90 Å². The number of carboxylic acid groups (broad SMARTS) is 1. The fourth-order valence-electron chi connectivity index (χ4n) is 1.76. The molecule has 0 atom stereocenters. The second-order valence-corrected chi connectivity index (χ2v) is 5.35. The van der Waals surface area contributed by atoms with Gasteiger partial charge >= 0.3 is 5.97 Å². The minimum Gasteiger partial charge on any atom is -0.497 e. The normalized spacial score (nSPS) is 10.1. The first-order valence-corrected chi connectivity index (χ1v) is 7.41. The van der Waals surface area contributed by atoms with Crippen LogP contribution in [0, 0.1) is 0 Å². The Bertz CT molecular complexity index is 598. The van der Waals surface area contributed by atoms with Gasteiger partial charge in [0.15, 0.2) is 0 Å². The fourth-order valence-corrected chi connectivity index (χ4v) is 2.51. The van der Waals surface area contributed by atoms with E-state index in [4.69, 9.17) is 9.47 Å². The molecule has 4 nitrogen and oxygen atoms in total. The van der Waals surface area contributed by atoms with Gasteiger partial charge in [0.1, 0.15) is 17.1 Å². The van der Waals surface area contributed by atoms with Crippen LogP contribution in [0.4, 0.5) is 0 Å². The van der Waals surface area contributed by atoms with Gasteiger partial charge in [-0.15, -0.1) is 11.8 Å². The quantitative estimate of drug-likeness (QED) is 0.626. The molecule has 2 rings (SSSR count). The van der Waals surface area contributed by atoms with Crippen LogP contribution < -0.4 is 9.47 Å². The van der Waals surface area contributed by atoms with Gasteiger partial charge < -0.3 is 14.6 Å². The van der Waals surface area contributed by atoms with Gasteiger partial charge in [-0.05, 0) is 30.3 Å².